The molecule has 2 aliphatic rings. The van der Waals surface area contributed by atoms with Gasteiger partial charge in [0.25, 0.3) is 5.56 Å². The lowest BCUT2D eigenvalue weighted by atomic mass is 9.97. The fraction of sp³-hybridized carbons (Fsp3) is 0.385. The molecule has 1 N–H and O–H groups in total. The molecule has 3 aromatic rings. The normalized spacial score (nSPS) is 19.5. The zero-order chi connectivity index (χ0) is 29.5. The van der Waals surface area contributed by atoms with Gasteiger partial charge >= 0.3 is 6.18 Å². The summed E-state index contributed by atoms with van der Waals surface area (Å²) in [7, 11) is -3.04. The van der Waals surface area contributed by atoms with Gasteiger partial charge in [0.05, 0.1) is 30.9 Å². The van der Waals surface area contributed by atoms with Crippen molar-refractivity contribution in [1.82, 2.24) is 14.5 Å². The van der Waals surface area contributed by atoms with Crippen molar-refractivity contribution in [3.63, 3.8) is 0 Å². The number of likely N-dealkylation sites (tertiary alicyclic amines) is 1. The largest absolute Gasteiger partial charge is 0.417 e. The second-order valence-electron chi connectivity index (χ2n) is 9.94. The average molecular weight is 628 g/mol. The summed E-state index contributed by atoms with van der Waals surface area (Å²) in [6.45, 7) is 0.310. The number of nitrogens with zero attached hydrogens (tertiary/aromatic N) is 4. The predicted octanol–water partition coefficient (Wildman–Crippen LogP) is 5.28. The summed E-state index contributed by atoms with van der Waals surface area (Å²) in [5.74, 6) is -0.341. The Bertz CT molecular complexity index is 1680. The van der Waals surface area contributed by atoms with Crippen LogP contribution in [-0.4, -0.2) is 49.6 Å². The number of rotatable bonds is 6. The van der Waals surface area contributed by atoms with Crippen molar-refractivity contribution in [2.45, 2.75) is 48.9 Å². The third-order valence-corrected chi connectivity index (χ3v) is 9.59. The number of benzene rings is 1. The Kier molecular flexibility index (Phi) is 8.01. The number of amides is 1. The third kappa shape index (κ3) is 6.33. The van der Waals surface area contributed by atoms with Crippen molar-refractivity contribution in [1.29, 1.82) is 4.78 Å². The quantitative estimate of drug-likeness (QED) is 0.399. The number of piperidine rings is 1. The van der Waals surface area contributed by atoms with Crippen molar-refractivity contribution in [2.24, 2.45) is 5.16 Å². The van der Waals surface area contributed by atoms with Gasteiger partial charge in [-0.15, -0.1) is 11.3 Å². The molecule has 0 aliphatic carbocycles. The van der Waals surface area contributed by atoms with Gasteiger partial charge in [-0.3, -0.25) is 9.59 Å². The lowest BCUT2D eigenvalue weighted by molar-refractivity contribution is -0.139. The molecule has 4 heterocycles. The van der Waals surface area contributed by atoms with Crippen LogP contribution < -0.4 is 5.56 Å². The second-order valence-corrected chi connectivity index (χ2v) is 13.4. The van der Waals surface area contributed by atoms with E-state index in [0.717, 1.165) is 15.6 Å². The number of hydrogen-bond acceptors (Lipinski definition) is 8. The summed E-state index contributed by atoms with van der Waals surface area (Å²) < 4.78 is 60.4. The number of oxime groups is 1. The van der Waals surface area contributed by atoms with Gasteiger partial charge in [-0.05, 0) is 31.0 Å². The van der Waals surface area contributed by atoms with Crippen LogP contribution in [0.5, 0.6) is 0 Å². The molecule has 0 spiro atoms. The van der Waals surface area contributed by atoms with Crippen LogP contribution in [0.4, 0.5) is 13.2 Å². The predicted molar refractivity (Wildman–Crippen MR) is 148 cm³/mol. The van der Waals surface area contributed by atoms with Gasteiger partial charge in [0.1, 0.15) is 12.3 Å². The molecule has 2 aliphatic heterocycles. The molecule has 0 saturated carbocycles. The maximum absolute atomic E-state index is 13.0. The maximum atomic E-state index is 13.0. The van der Waals surface area contributed by atoms with Gasteiger partial charge in [0, 0.05) is 59.9 Å². The first-order valence-corrected chi connectivity index (χ1v) is 15.8. The zero-order valence-electron chi connectivity index (χ0n) is 21.7. The minimum atomic E-state index is -4.61. The van der Waals surface area contributed by atoms with E-state index in [1.54, 1.807) is 23.1 Å². The van der Waals surface area contributed by atoms with Crippen molar-refractivity contribution < 1.29 is 27.0 Å². The van der Waals surface area contributed by atoms with Crippen LogP contribution >= 0.6 is 22.9 Å². The summed E-state index contributed by atoms with van der Waals surface area (Å²) in [5.41, 5.74) is 0.0730. The van der Waals surface area contributed by atoms with Gasteiger partial charge < -0.3 is 14.3 Å². The molecule has 0 bridgehead atoms. The van der Waals surface area contributed by atoms with E-state index in [-0.39, 0.29) is 5.92 Å². The average Bonchev–Trinajstić information content (AvgIpc) is 3.59. The van der Waals surface area contributed by atoms with Crippen molar-refractivity contribution in [3.05, 3.63) is 79.1 Å². The first kappa shape index (κ1) is 29.3. The summed E-state index contributed by atoms with van der Waals surface area (Å²) in [5, 5.41) is 7.28. The standard InChI is InChI=1S/C26H25ClF3N5O4S2/c1-41(31,38)21-4-2-3-17(27)24(21)20-11-18(33-39-20)19-14-40-25(32-19)15-7-9-34(10-8-15)23(37)13-35-12-16(26(28,29)30)5-6-22(35)36/h2-6,12,14-15,20,31H,7-11,13H2,1H3. The van der Waals surface area contributed by atoms with E-state index in [2.05, 4.69) is 5.16 Å². The van der Waals surface area contributed by atoms with Crippen molar-refractivity contribution in [2.75, 3.05) is 19.3 Å². The molecule has 0 radical (unpaired) electrons. The molecule has 41 heavy (non-hydrogen) atoms. The van der Waals surface area contributed by atoms with E-state index in [9.17, 15) is 27.0 Å². The Balaban J connectivity index is 1.20. The number of nitrogens with one attached hydrogen (secondary N) is 1. The summed E-state index contributed by atoms with van der Waals surface area (Å²) in [6, 6.07) is 6.42. The fourth-order valence-electron chi connectivity index (χ4n) is 4.90. The highest BCUT2D eigenvalue weighted by molar-refractivity contribution is 7.91. The molecule has 1 aromatic carbocycles. The van der Waals surface area contributed by atoms with E-state index in [0.29, 0.717) is 71.5 Å². The third-order valence-electron chi connectivity index (χ3n) is 7.05. The van der Waals surface area contributed by atoms with Crippen LogP contribution in [0.1, 0.15) is 53.1 Å². The van der Waals surface area contributed by atoms with Crippen LogP contribution in [-0.2, 0) is 32.1 Å². The molecule has 2 unspecified atom stereocenters. The van der Waals surface area contributed by atoms with Crippen LogP contribution in [0.25, 0.3) is 0 Å². The first-order valence-electron chi connectivity index (χ1n) is 12.6. The molecule has 1 saturated heterocycles. The Morgan fingerprint density at radius 3 is 2.66 bits per heavy atom. The van der Waals surface area contributed by atoms with E-state index in [4.69, 9.17) is 26.2 Å². The smallest absolute Gasteiger partial charge is 0.387 e. The van der Waals surface area contributed by atoms with Gasteiger partial charge in [-0.1, -0.05) is 22.8 Å². The van der Waals surface area contributed by atoms with E-state index in [1.165, 1.54) is 17.6 Å². The lowest BCUT2D eigenvalue weighted by Crippen LogP contribution is -2.41. The topological polar surface area (TPSA) is 118 Å². The Labute approximate surface area is 242 Å². The summed E-state index contributed by atoms with van der Waals surface area (Å²) in [6.07, 6.45) is -1.64. The fourth-order valence-corrected chi connectivity index (χ4v) is 7.26. The monoisotopic (exact) mass is 627 g/mol. The Morgan fingerprint density at radius 2 is 1.98 bits per heavy atom. The highest BCUT2D eigenvalue weighted by Crippen LogP contribution is 2.39. The van der Waals surface area contributed by atoms with E-state index < -0.39 is 45.6 Å². The number of carbonyl (C=O) groups is 1. The summed E-state index contributed by atoms with van der Waals surface area (Å²) >= 11 is 7.85. The highest BCUT2D eigenvalue weighted by atomic mass is 35.5. The molecule has 5 rings (SSSR count). The molecular weight excluding hydrogens is 603 g/mol. The zero-order valence-corrected chi connectivity index (χ0v) is 24.1. The number of pyridine rings is 1. The molecule has 9 nitrogen and oxygen atoms in total. The summed E-state index contributed by atoms with van der Waals surface area (Å²) in [4.78, 5) is 37.0. The Hall–Kier alpha value is -3.23. The first-order chi connectivity index (χ1) is 19.3. The molecule has 2 atom stereocenters. The number of thiazole rings is 1. The van der Waals surface area contributed by atoms with Crippen LogP contribution in [0.3, 0.4) is 0 Å². The number of halogens is 4. The van der Waals surface area contributed by atoms with E-state index >= 15 is 0 Å². The van der Waals surface area contributed by atoms with E-state index in [1.807, 2.05) is 5.38 Å². The highest BCUT2D eigenvalue weighted by Gasteiger charge is 2.33. The van der Waals surface area contributed by atoms with Gasteiger partial charge in [0.15, 0.2) is 6.10 Å². The molecule has 1 amide bonds. The minimum Gasteiger partial charge on any atom is -0.387 e. The van der Waals surface area contributed by atoms with Gasteiger partial charge in [-0.2, -0.15) is 13.2 Å². The maximum Gasteiger partial charge on any atom is 0.417 e. The second kappa shape index (κ2) is 11.2. The molecular formula is C26H25ClF3N5O4S2. The SMILES string of the molecule is CS(=N)(=O)c1cccc(Cl)c1C1CC(c2csc(C3CCN(C(=O)Cn4cc(C(F)(F)F)ccc4=O)CC3)n2)=NO1. The van der Waals surface area contributed by atoms with Crippen molar-refractivity contribution >= 4 is 44.3 Å². The van der Waals surface area contributed by atoms with Gasteiger partial charge in [0.2, 0.25) is 5.91 Å². The number of carbonyl (C=O) groups excluding carboxylic acids is 1. The van der Waals surface area contributed by atoms with Crippen LogP contribution in [0.2, 0.25) is 5.02 Å². The number of hydrogen-bond donors (Lipinski definition) is 1. The Morgan fingerprint density at radius 1 is 1.24 bits per heavy atom. The van der Waals surface area contributed by atoms with Crippen molar-refractivity contribution in [3.8, 4) is 0 Å². The number of alkyl halides is 3. The molecule has 2 aromatic heterocycles. The minimum absolute atomic E-state index is 0.0797. The van der Waals surface area contributed by atoms with Gasteiger partial charge in [-0.25, -0.2) is 14.0 Å². The molecule has 1 fully saturated rings. The molecule has 218 valence electrons. The lowest BCUT2D eigenvalue weighted by Gasteiger charge is -2.31. The van der Waals surface area contributed by atoms with Crippen LogP contribution in [0, 0.1) is 4.78 Å². The number of aromatic nitrogens is 2. The molecule has 15 heteroatoms. The van der Waals surface area contributed by atoms with Crippen LogP contribution in [0.15, 0.2) is 56.8 Å².